The molecular weight excluding hydrogens is 294 g/mol. The Morgan fingerprint density at radius 3 is 2.83 bits per heavy atom. The smallest absolute Gasteiger partial charge is 0.154 e. The summed E-state index contributed by atoms with van der Waals surface area (Å²) in [5.74, 6) is 0.800. The van der Waals surface area contributed by atoms with Crippen LogP contribution < -0.4 is 10.5 Å². The average Bonchev–Trinajstić information content (AvgIpc) is 2.36. The predicted molar refractivity (Wildman–Crippen MR) is 76.9 cm³/mol. The standard InChI is InChI=1S/C14H20BrNO2/c1-3-4-5-12(16)13(17)9-10-8-11(15)6-7-14(10)18-2/h6-8,12H,3-5,9,16H2,1-2H3. The second-order valence-corrected chi connectivity index (χ2v) is 5.26. The second-order valence-electron chi connectivity index (χ2n) is 4.35. The molecule has 0 saturated heterocycles. The van der Waals surface area contributed by atoms with Crippen LogP contribution in [0.25, 0.3) is 0 Å². The third-order valence-corrected chi connectivity index (χ3v) is 3.38. The van der Waals surface area contributed by atoms with Crippen LogP contribution in [0.4, 0.5) is 0 Å². The molecule has 0 aliphatic carbocycles. The molecule has 0 aromatic heterocycles. The van der Waals surface area contributed by atoms with E-state index in [-0.39, 0.29) is 11.8 Å². The molecule has 100 valence electrons. The highest BCUT2D eigenvalue weighted by molar-refractivity contribution is 9.10. The number of rotatable bonds is 7. The first-order chi connectivity index (χ1) is 8.58. The van der Waals surface area contributed by atoms with E-state index in [1.54, 1.807) is 7.11 Å². The van der Waals surface area contributed by atoms with E-state index in [0.29, 0.717) is 6.42 Å². The maximum atomic E-state index is 12.0. The van der Waals surface area contributed by atoms with Gasteiger partial charge >= 0.3 is 0 Å². The largest absolute Gasteiger partial charge is 0.496 e. The van der Waals surface area contributed by atoms with E-state index in [1.807, 2.05) is 18.2 Å². The van der Waals surface area contributed by atoms with Gasteiger partial charge < -0.3 is 10.5 Å². The molecule has 0 heterocycles. The third-order valence-electron chi connectivity index (χ3n) is 2.89. The molecule has 1 aromatic carbocycles. The monoisotopic (exact) mass is 313 g/mol. The Morgan fingerprint density at radius 2 is 2.22 bits per heavy atom. The zero-order valence-corrected chi connectivity index (χ0v) is 12.5. The van der Waals surface area contributed by atoms with Crippen LogP contribution in [0.1, 0.15) is 31.7 Å². The van der Waals surface area contributed by atoms with Gasteiger partial charge in [0.05, 0.1) is 13.2 Å². The van der Waals surface area contributed by atoms with Crippen molar-refractivity contribution in [1.29, 1.82) is 0 Å². The molecule has 18 heavy (non-hydrogen) atoms. The van der Waals surface area contributed by atoms with E-state index in [4.69, 9.17) is 10.5 Å². The van der Waals surface area contributed by atoms with Gasteiger partial charge in [-0.25, -0.2) is 0 Å². The number of nitrogens with two attached hydrogens (primary N) is 1. The van der Waals surface area contributed by atoms with Crippen molar-refractivity contribution in [2.75, 3.05) is 7.11 Å². The Labute approximate surface area is 117 Å². The maximum Gasteiger partial charge on any atom is 0.154 e. The lowest BCUT2D eigenvalue weighted by Crippen LogP contribution is -2.31. The lowest BCUT2D eigenvalue weighted by Gasteiger charge is -2.12. The highest BCUT2D eigenvalue weighted by Gasteiger charge is 2.15. The number of Topliss-reactive ketones (excluding diaryl/α,β-unsaturated/α-hetero) is 1. The minimum atomic E-state index is -0.367. The first-order valence-corrected chi connectivity index (χ1v) is 6.98. The molecule has 3 nitrogen and oxygen atoms in total. The Hall–Kier alpha value is -0.870. The summed E-state index contributed by atoms with van der Waals surface area (Å²) < 4.78 is 6.19. The zero-order valence-electron chi connectivity index (χ0n) is 10.9. The van der Waals surface area contributed by atoms with Crippen LogP contribution in [-0.4, -0.2) is 18.9 Å². The lowest BCUT2D eigenvalue weighted by atomic mass is 10.00. The Kier molecular flexibility index (Phi) is 6.36. The molecule has 0 aliphatic rings. The van der Waals surface area contributed by atoms with E-state index in [9.17, 15) is 4.79 Å². The molecule has 0 aliphatic heterocycles. The molecule has 1 atom stereocenters. The summed E-state index contributed by atoms with van der Waals surface area (Å²) in [6, 6.07) is 5.28. The van der Waals surface area contributed by atoms with Gasteiger partial charge in [0.1, 0.15) is 5.75 Å². The van der Waals surface area contributed by atoms with E-state index in [2.05, 4.69) is 22.9 Å². The van der Waals surface area contributed by atoms with Gasteiger partial charge in [-0.3, -0.25) is 4.79 Å². The van der Waals surface area contributed by atoms with Crippen molar-refractivity contribution in [3.8, 4) is 5.75 Å². The minimum Gasteiger partial charge on any atom is -0.496 e. The Morgan fingerprint density at radius 1 is 1.50 bits per heavy atom. The Balaban J connectivity index is 2.71. The van der Waals surface area contributed by atoms with Crippen LogP contribution in [0, 0.1) is 0 Å². The average molecular weight is 314 g/mol. The number of methoxy groups -OCH3 is 1. The fraction of sp³-hybridized carbons (Fsp3) is 0.500. The third kappa shape index (κ3) is 4.42. The first kappa shape index (κ1) is 15.2. The summed E-state index contributed by atoms with van der Waals surface area (Å²) >= 11 is 3.40. The topological polar surface area (TPSA) is 52.3 Å². The van der Waals surface area contributed by atoms with E-state index in [1.165, 1.54) is 0 Å². The molecule has 0 amide bonds. The van der Waals surface area contributed by atoms with Crippen LogP contribution in [0.5, 0.6) is 5.75 Å². The summed E-state index contributed by atoms with van der Waals surface area (Å²) in [6.07, 6.45) is 3.13. The summed E-state index contributed by atoms with van der Waals surface area (Å²) in [6.45, 7) is 2.09. The van der Waals surface area contributed by atoms with Gasteiger partial charge in [0.15, 0.2) is 5.78 Å². The van der Waals surface area contributed by atoms with Gasteiger partial charge in [-0.2, -0.15) is 0 Å². The number of halogens is 1. The number of hydrogen-bond acceptors (Lipinski definition) is 3. The highest BCUT2D eigenvalue weighted by atomic mass is 79.9. The van der Waals surface area contributed by atoms with Gasteiger partial charge in [0, 0.05) is 16.5 Å². The van der Waals surface area contributed by atoms with Gasteiger partial charge in [-0.05, 0) is 24.6 Å². The van der Waals surface area contributed by atoms with Gasteiger partial charge in [0.25, 0.3) is 0 Å². The molecular formula is C14H20BrNO2. The van der Waals surface area contributed by atoms with Crippen molar-refractivity contribution in [2.45, 2.75) is 38.6 Å². The quantitative estimate of drug-likeness (QED) is 0.841. The SMILES string of the molecule is CCCCC(N)C(=O)Cc1cc(Br)ccc1OC. The second kappa shape index (κ2) is 7.54. The van der Waals surface area contributed by atoms with Crippen LogP contribution in [-0.2, 0) is 11.2 Å². The number of unbranched alkanes of at least 4 members (excludes halogenated alkanes) is 1. The van der Waals surface area contributed by atoms with Gasteiger partial charge in [0.2, 0.25) is 0 Å². The fourth-order valence-corrected chi connectivity index (χ4v) is 2.20. The van der Waals surface area contributed by atoms with Crippen LogP contribution in [0.15, 0.2) is 22.7 Å². The summed E-state index contributed by atoms with van der Waals surface area (Å²) in [4.78, 5) is 12.0. The van der Waals surface area contributed by atoms with Crippen molar-refractivity contribution in [3.63, 3.8) is 0 Å². The predicted octanol–water partition coefficient (Wildman–Crippen LogP) is 3.09. The molecule has 4 heteroatoms. The summed E-state index contributed by atoms with van der Waals surface area (Å²) in [5.41, 5.74) is 6.76. The molecule has 0 fully saturated rings. The molecule has 0 spiro atoms. The number of benzene rings is 1. The van der Waals surface area contributed by atoms with E-state index < -0.39 is 0 Å². The lowest BCUT2D eigenvalue weighted by molar-refractivity contribution is -0.119. The summed E-state index contributed by atoms with van der Waals surface area (Å²) in [7, 11) is 1.61. The molecule has 1 unspecified atom stereocenters. The van der Waals surface area contributed by atoms with Crippen molar-refractivity contribution < 1.29 is 9.53 Å². The van der Waals surface area contributed by atoms with Gasteiger partial charge in [-0.1, -0.05) is 35.7 Å². The number of carbonyl (C=O) groups is 1. The Bertz CT molecular complexity index is 407. The molecule has 1 rings (SSSR count). The number of ether oxygens (including phenoxy) is 1. The van der Waals surface area contributed by atoms with Crippen LogP contribution in [0.3, 0.4) is 0 Å². The van der Waals surface area contributed by atoms with Crippen molar-refractivity contribution >= 4 is 21.7 Å². The number of ketones is 1. The normalized spacial score (nSPS) is 12.2. The number of hydrogen-bond donors (Lipinski definition) is 1. The van der Waals surface area contributed by atoms with E-state index >= 15 is 0 Å². The fourth-order valence-electron chi connectivity index (χ4n) is 1.79. The molecule has 0 radical (unpaired) electrons. The zero-order chi connectivity index (χ0) is 13.5. The first-order valence-electron chi connectivity index (χ1n) is 6.19. The number of carbonyl (C=O) groups excluding carboxylic acids is 1. The summed E-state index contributed by atoms with van der Waals surface area (Å²) in [5, 5.41) is 0. The van der Waals surface area contributed by atoms with Crippen LogP contribution >= 0.6 is 15.9 Å². The molecule has 1 aromatic rings. The molecule has 0 saturated carbocycles. The van der Waals surface area contributed by atoms with E-state index in [0.717, 1.165) is 35.0 Å². The van der Waals surface area contributed by atoms with Gasteiger partial charge in [-0.15, -0.1) is 0 Å². The van der Waals surface area contributed by atoms with Crippen LogP contribution in [0.2, 0.25) is 0 Å². The maximum absolute atomic E-state index is 12.0. The van der Waals surface area contributed by atoms with Crippen molar-refractivity contribution in [2.24, 2.45) is 5.73 Å². The minimum absolute atomic E-state index is 0.0693. The molecule has 2 N–H and O–H groups in total. The van der Waals surface area contributed by atoms with Crippen molar-refractivity contribution in [3.05, 3.63) is 28.2 Å². The molecule has 0 bridgehead atoms. The highest BCUT2D eigenvalue weighted by Crippen LogP contribution is 2.24. The van der Waals surface area contributed by atoms with Crippen molar-refractivity contribution in [1.82, 2.24) is 0 Å².